The highest BCUT2D eigenvalue weighted by molar-refractivity contribution is 5.45. The third kappa shape index (κ3) is 3.01. The Morgan fingerprint density at radius 2 is 1.93 bits per heavy atom. The van der Waals surface area contributed by atoms with E-state index in [1.165, 1.54) is 0 Å². The number of likely N-dealkylation sites (N-methyl/N-ethyl adjacent to an activating group) is 1. The molecule has 0 bridgehead atoms. The van der Waals surface area contributed by atoms with Gasteiger partial charge in [-0.2, -0.15) is 0 Å². The number of benzene rings is 1. The Morgan fingerprint density at radius 1 is 1.36 bits per heavy atom. The smallest absolute Gasteiger partial charge is 0.0915 e. The Bertz CT molecular complexity index is 272. The summed E-state index contributed by atoms with van der Waals surface area (Å²) in [4.78, 5) is 1.99. The summed E-state index contributed by atoms with van der Waals surface area (Å²) in [6.07, 6.45) is 0. The first kappa shape index (κ1) is 11.0. The van der Waals surface area contributed by atoms with Crippen molar-refractivity contribution < 1.29 is 5.11 Å². The number of nitrogens with two attached hydrogens (primary N) is 1. The van der Waals surface area contributed by atoms with Crippen molar-refractivity contribution in [2.24, 2.45) is 5.73 Å². The second-order valence-corrected chi connectivity index (χ2v) is 3.89. The molecule has 0 saturated carbocycles. The van der Waals surface area contributed by atoms with Gasteiger partial charge in [0.25, 0.3) is 0 Å². The molecule has 1 aromatic carbocycles. The molecular formula is C11H18N2O. The van der Waals surface area contributed by atoms with Crippen molar-refractivity contribution in [1.29, 1.82) is 0 Å². The van der Waals surface area contributed by atoms with Crippen LogP contribution in [0.2, 0.25) is 0 Å². The maximum Gasteiger partial charge on any atom is 0.0915 e. The van der Waals surface area contributed by atoms with Crippen LogP contribution in [0.5, 0.6) is 0 Å². The van der Waals surface area contributed by atoms with Crippen LogP contribution in [0.4, 0.5) is 5.69 Å². The predicted octanol–water partition coefficient (Wildman–Crippen LogP) is 0.832. The molecule has 14 heavy (non-hydrogen) atoms. The monoisotopic (exact) mass is 194 g/mol. The molecule has 0 aliphatic carbocycles. The molecule has 3 nitrogen and oxygen atoms in total. The van der Waals surface area contributed by atoms with Crippen molar-refractivity contribution in [1.82, 2.24) is 0 Å². The maximum absolute atomic E-state index is 9.79. The number of anilines is 1. The molecule has 0 saturated heterocycles. The Morgan fingerprint density at radius 3 is 2.43 bits per heavy atom. The van der Waals surface area contributed by atoms with Gasteiger partial charge < -0.3 is 15.7 Å². The van der Waals surface area contributed by atoms with Crippen LogP contribution in [0, 0.1) is 0 Å². The molecule has 3 heteroatoms. The summed E-state index contributed by atoms with van der Waals surface area (Å²) >= 11 is 0. The first-order valence-electron chi connectivity index (χ1n) is 4.74. The van der Waals surface area contributed by atoms with Gasteiger partial charge in [-0.1, -0.05) is 18.2 Å². The van der Waals surface area contributed by atoms with Crippen LogP contribution in [0.25, 0.3) is 0 Å². The largest absolute Gasteiger partial charge is 0.387 e. The summed E-state index contributed by atoms with van der Waals surface area (Å²) < 4.78 is 0. The van der Waals surface area contributed by atoms with Crippen molar-refractivity contribution in [3.05, 3.63) is 30.3 Å². The molecule has 0 aliphatic heterocycles. The Hall–Kier alpha value is -1.06. The lowest BCUT2D eigenvalue weighted by atomic mass is 10.1. The van der Waals surface area contributed by atoms with E-state index >= 15 is 0 Å². The lowest BCUT2D eigenvalue weighted by Gasteiger charge is -2.29. The SMILES string of the molecule is CN(CC(C)(O)CN)c1ccccc1. The van der Waals surface area contributed by atoms with Gasteiger partial charge in [-0.3, -0.25) is 0 Å². The molecular weight excluding hydrogens is 176 g/mol. The van der Waals surface area contributed by atoms with Crippen LogP contribution in [0.3, 0.4) is 0 Å². The number of hydrogen-bond donors (Lipinski definition) is 2. The topological polar surface area (TPSA) is 49.5 Å². The van der Waals surface area contributed by atoms with Gasteiger partial charge in [0.05, 0.1) is 5.60 Å². The summed E-state index contributed by atoms with van der Waals surface area (Å²) in [6, 6.07) is 9.93. The molecule has 0 radical (unpaired) electrons. The predicted molar refractivity (Wildman–Crippen MR) is 59.4 cm³/mol. The third-order valence-corrected chi connectivity index (χ3v) is 2.21. The Balaban J connectivity index is 2.64. The van der Waals surface area contributed by atoms with E-state index < -0.39 is 5.60 Å². The summed E-state index contributed by atoms with van der Waals surface area (Å²) in [7, 11) is 1.94. The second-order valence-electron chi connectivity index (χ2n) is 3.89. The summed E-state index contributed by atoms with van der Waals surface area (Å²) in [5, 5.41) is 9.79. The lowest BCUT2D eigenvalue weighted by molar-refractivity contribution is 0.0772. The second kappa shape index (κ2) is 4.44. The summed E-state index contributed by atoms with van der Waals surface area (Å²) in [6.45, 7) is 2.55. The molecule has 0 spiro atoms. The van der Waals surface area contributed by atoms with Crippen molar-refractivity contribution in [2.75, 3.05) is 25.0 Å². The zero-order valence-corrected chi connectivity index (χ0v) is 8.77. The van der Waals surface area contributed by atoms with Crippen LogP contribution in [0.15, 0.2) is 30.3 Å². The van der Waals surface area contributed by atoms with E-state index in [4.69, 9.17) is 5.73 Å². The molecule has 1 unspecified atom stereocenters. The average molecular weight is 194 g/mol. The molecule has 0 aromatic heterocycles. The van der Waals surface area contributed by atoms with Gasteiger partial charge in [-0.15, -0.1) is 0 Å². The van der Waals surface area contributed by atoms with Gasteiger partial charge >= 0.3 is 0 Å². The standard InChI is InChI=1S/C11H18N2O/c1-11(14,8-12)9-13(2)10-6-4-3-5-7-10/h3-7,14H,8-9,12H2,1-2H3. The third-order valence-electron chi connectivity index (χ3n) is 2.21. The van der Waals surface area contributed by atoms with Crippen LogP contribution in [-0.2, 0) is 0 Å². The fourth-order valence-corrected chi connectivity index (χ4v) is 1.35. The molecule has 78 valence electrons. The van der Waals surface area contributed by atoms with Gasteiger partial charge in [0, 0.05) is 25.8 Å². The molecule has 3 N–H and O–H groups in total. The van der Waals surface area contributed by atoms with E-state index in [0.29, 0.717) is 6.54 Å². The van der Waals surface area contributed by atoms with Gasteiger partial charge in [0.15, 0.2) is 0 Å². The van der Waals surface area contributed by atoms with E-state index in [1.54, 1.807) is 6.92 Å². The number of rotatable bonds is 4. The molecule has 1 rings (SSSR count). The lowest BCUT2D eigenvalue weighted by Crippen LogP contribution is -2.44. The van der Waals surface area contributed by atoms with Crippen molar-refractivity contribution in [2.45, 2.75) is 12.5 Å². The van der Waals surface area contributed by atoms with E-state index in [0.717, 1.165) is 5.69 Å². The van der Waals surface area contributed by atoms with E-state index in [1.807, 2.05) is 42.3 Å². The number of hydrogen-bond acceptors (Lipinski definition) is 3. The summed E-state index contributed by atoms with van der Waals surface area (Å²) in [5.41, 5.74) is 5.71. The van der Waals surface area contributed by atoms with Gasteiger partial charge in [-0.25, -0.2) is 0 Å². The average Bonchev–Trinajstić information content (AvgIpc) is 2.19. The van der Waals surface area contributed by atoms with Gasteiger partial charge in [-0.05, 0) is 19.1 Å². The Kier molecular flexibility index (Phi) is 3.49. The maximum atomic E-state index is 9.79. The zero-order valence-electron chi connectivity index (χ0n) is 8.77. The zero-order chi connectivity index (χ0) is 10.6. The highest BCUT2D eigenvalue weighted by Crippen LogP contribution is 2.14. The van der Waals surface area contributed by atoms with E-state index in [-0.39, 0.29) is 6.54 Å². The fourth-order valence-electron chi connectivity index (χ4n) is 1.35. The highest BCUT2D eigenvalue weighted by atomic mass is 16.3. The van der Waals surface area contributed by atoms with Crippen LogP contribution >= 0.6 is 0 Å². The highest BCUT2D eigenvalue weighted by Gasteiger charge is 2.20. The van der Waals surface area contributed by atoms with Crippen LogP contribution < -0.4 is 10.6 Å². The molecule has 0 amide bonds. The quantitative estimate of drug-likeness (QED) is 0.746. The number of aliphatic hydroxyl groups is 1. The first-order chi connectivity index (χ1) is 6.55. The normalized spacial score (nSPS) is 14.9. The molecule has 1 aromatic rings. The minimum absolute atomic E-state index is 0.268. The molecule has 0 heterocycles. The van der Waals surface area contributed by atoms with E-state index in [2.05, 4.69) is 0 Å². The molecule has 1 atom stereocenters. The van der Waals surface area contributed by atoms with Crippen LogP contribution in [-0.4, -0.2) is 30.8 Å². The Labute approximate surface area is 85.2 Å². The van der Waals surface area contributed by atoms with Crippen LogP contribution in [0.1, 0.15) is 6.92 Å². The number of para-hydroxylation sites is 1. The first-order valence-corrected chi connectivity index (χ1v) is 4.74. The van der Waals surface area contributed by atoms with Crippen molar-refractivity contribution >= 4 is 5.69 Å². The summed E-state index contributed by atoms with van der Waals surface area (Å²) in [5.74, 6) is 0. The number of nitrogens with zero attached hydrogens (tertiary/aromatic N) is 1. The molecule has 0 fully saturated rings. The minimum Gasteiger partial charge on any atom is -0.387 e. The van der Waals surface area contributed by atoms with Crippen molar-refractivity contribution in [3.63, 3.8) is 0 Å². The van der Waals surface area contributed by atoms with Crippen molar-refractivity contribution in [3.8, 4) is 0 Å². The fraction of sp³-hybridized carbons (Fsp3) is 0.455. The van der Waals surface area contributed by atoms with E-state index in [9.17, 15) is 5.11 Å². The van der Waals surface area contributed by atoms with Gasteiger partial charge in [0.2, 0.25) is 0 Å². The van der Waals surface area contributed by atoms with Gasteiger partial charge in [0.1, 0.15) is 0 Å². The minimum atomic E-state index is -0.829. The molecule has 0 aliphatic rings.